The summed E-state index contributed by atoms with van der Waals surface area (Å²) in [6.45, 7) is 0.975. The standard InChI is InChI=1S/C25H17Cl3N4O2/c26-17-9-5-10-18(27)21(17)24(33)30-20-11-4-8-16-22(20)29-14-19(28)23(16)32-13-12-31(25(32)34)15-6-2-1-3-7-15/h1-11,14H,12-13H2,(H,30,33). The largest absolute Gasteiger partial charge is 0.329 e. The molecular formula is C25H17Cl3N4O2. The van der Waals surface area contributed by atoms with E-state index in [0.717, 1.165) is 5.69 Å². The molecule has 0 saturated carbocycles. The number of pyridine rings is 1. The van der Waals surface area contributed by atoms with Gasteiger partial charge in [-0.1, -0.05) is 71.2 Å². The average Bonchev–Trinajstić information content (AvgIpc) is 3.20. The van der Waals surface area contributed by atoms with E-state index in [4.69, 9.17) is 34.8 Å². The molecule has 1 aliphatic heterocycles. The smallest absolute Gasteiger partial charge is 0.320 e. The molecule has 0 unspecified atom stereocenters. The third-order valence-electron chi connectivity index (χ3n) is 5.61. The number of halogens is 3. The summed E-state index contributed by atoms with van der Waals surface area (Å²) in [4.78, 5) is 34.0. The second kappa shape index (κ2) is 9.14. The molecule has 3 amide bonds. The Hall–Kier alpha value is -3.32. The van der Waals surface area contributed by atoms with E-state index in [0.29, 0.717) is 40.4 Å². The number of para-hydroxylation sites is 2. The molecule has 1 N–H and O–H groups in total. The van der Waals surface area contributed by atoms with Gasteiger partial charge in [-0.3, -0.25) is 19.6 Å². The molecule has 0 spiro atoms. The van der Waals surface area contributed by atoms with Crippen LogP contribution in [0.3, 0.4) is 0 Å². The Morgan fingerprint density at radius 3 is 2.24 bits per heavy atom. The molecule has 1 aliphatic rings. The monoisotopic (exact) mass is 510 g/mol. The molecule has 0 radical (unpaired) electrons. The van der Waals surface area contributed by atoms with Crippen LogP contribution in [0.5, 0.6) is 0 Å². The van der Waals surface area contributed by atoms with Gasteiger partial charge in [-0.15, -0.1) is 0 Å². The number of rotatable bonds is 4. The van der Waals surface area contributed by atoms with Crippen LogP contribution in [0, 0.1) is 0 Å². The van der Waals surface area contributed by atoms with Crippen LogP contribution in [0.2, 0.25) is 15.1 Å². The minimum Gasteiger partial charge on any atom is -0.320 e. The molecule has 1 aromatic heterocycles. The molecule has 4 aromatic rings. The van der Waals surface area contributed by atoms with Crippen molar-refractivity contribution in [3.63, 3.8) is 0 Å². The zero-order chi connectivity index (χ0) is 23.8. The first kappa shape index (κ1) is 22.5. The van der Waals surface area contributed by atoms with Crippen LogP contribution >= 0.6 is 34.8 Å². The summed E-state index contributed by atoms with van der Waals surface area (Å²) in [7, 11) is 0. The Balaban J connectivity index is 1.53. The van der Waals surface area contributed by atoms with Crippen LogP contribution in [0.25, 0.3) is 10.9 Å². The number of nitrogens with zero attached hydrogens (tertiary/aromatic N) is 3. The molecule has 9 heteroatoms. The fourth-order valence-electron chi connectivity index (χ4n) is 4.05. The molecular weight excluding hydrogens is 495 g/mol. The average molecular weight is 512 g/mol. The normalized spacial score (nSPS) is 13.6. The van der Waals surface area contributed by atoms with Gasteiger partial charge in [0.15, 0.2) is 0 Å². The summed E-state index contributed by atoms with van der Waals surface area (Å²) >= 11 is 18.9. The quantitative estimate of drug-likeness (QED) is 0.324. The SMILES string of the molecule is O=C(Nc1cccc2c(N3CCN(c4ccccc4)C3=O)c(Cl)cnc12)c1c(Cl)cccc1Cl. The number of nitrogens with one attached hydrogen (secondary N) is 1. The molecule has 1 fully saturated rings. The molecule has 2 heterocycles. The molecule has 0 bridgehead atoms. The number of hydrogen-bond acceptors (Lipinski definition) is 3. The zero-order valence-corrected chi connectivity index (χ0v) is 19.9. The number of hydrogen-bond donors (Lipinski definition) is 1. The van der Waals surface area contributed by atoms with Crippen molar-refractivity contribution >= 4 is 74.7 Å². The predicted molar refractivity (Wildman–Crippen MR) is 138 cm³/mol. The van der Waals surface area contributed by atoms with E-state index >= 15 is 0 Å². The predicted octanol–water partition coefficient (Wildman–Crippen LogP) is 6.89. The number of carbonyl (C=O) groups excluding carboxylic acids is 2. The van der Waals surface area contributed by atoms with Crippen LogP contribution in [0.15, 0.2) is 72.9 Å². The van der Waals surface area contributed by atoms with Crippen molar-refractivity contribution in [2.75, 3.05) is 28.2 Å². The lowest BCUT2D eigenvalue weighted by Gasteiger charge is -2.21. The molecule has 34 heavy (non-hydrogen) atoms. The Morgan fingerprint density at radius 2 is 1.50 bits per heavy atom. The summed E-state index contributed by atoms with van der Waals surface area (Å²) in [5.41, 5.74) is 2.47. The van der Waals surface area contributed by atoms with Gasteiger partial charge in [0, 0.05) is 30.4 Å². The highest BCUT2D eigenvalue weighted by molar-refractivity contribution is 6.40. The lowest BCUT2D eigenvalue weighted by molar-refractivity contribution is 0.102. The van der Waals surface area contributed by atoms with E-state index < -0.39 is 5.91 Å². The van der Waals surface area contributed by atoms with Gasteiger partial charge in [0.2, 0.25) is 0 Å². The van der Waals surface area contributed by atoms with Crippen molar-refractivity contribution < 1.29 is 9.59 Å². The first-order valence-electron chi connectivity index (χ1n) is 10.4. The van der Waals surface area contributed by atoms with Gasteiger partial charge in [-0.05, 0) is 30.3 Å². The molecule has 0 aliphatic carbocycles. The molecule has 170 valence electrons. The minimum atomic E-state index is -0.464. The number of amides is 3. The fraction of sp³-hybridized carbons (Fsp3) is 0.0800. The van der Waals surface area contributed by atoms with Crippen LogP contribution in [0.1, 0.15) is 10.4 Å². The van der Waals surface area contributed by atoms with E-state index in [1.165, 1.54) is 6.20 Å². The third-order valence-corrected chi connectivity index (χ3v) is 6.52. The second-order valence-electron chi connectivity index (χ2n) is 7.63. The van der Waals surface area contributed by atoms with Crippen LogP contribution in [-0.4, -0.2) is 30.0 Å². The van der Waals surface area contributed by atoms with E-state index in [1.54, 1.807) is 40.1 Å². The van der Waals surface area contributed by atoms with Crippen LogP contribution < -0.4 is 15.1 Å². The number of fused-ring (bicyclic) bond motifs is 1. The topological polar surface area (TPSA) is 65.5 Å². The Morgan fingerprint density at radius 1 is 0.824 bits per heavy atom. The van der Waals surface area contributed by atoms with E-state index in [-0.39, 0.29) is 21.6 Å². The Kier molecular flexibility index (Phi) is 6.04. The van der Waals surface area contributed by atoms with Crippen LogP contribution in [0.4, 0.5) is 21.9 Å². The van der Waals surface area contributed by atoms with Gasteiger partial charge >= 0.3 is 6.03 Å². The van der Waals surface area contributed by atoms with E-state index in [1.807, 2.05) is 36.4 Å². The highest BCUT2D eigenvalue weighted by atomic mass is 35.5. The summed E-state index contributed by atoms with van der Waals surface area (Å²) < 4.78 is 0. The van der Waals surface area contributed by atoms with Crippen LogP contribution in [-0.2, 0) is 0 Å². The number of anilines is 3. The van der Waals surface area contributed by atoms with Gasteiger partial charge in [-0.25, -0.2) is 4.79 Å². The van der Waals surface area contributed by atoms with Gasteiger partial charge < -0.3 is 5.32 Å². The zero-order valence-electron chi connectivity index (χ0n) is 17.6. The van der Waals surface area contributed by atoms with Crippen molar-refractivity contribution in [3.05, 3.63) is 93.6 Å². The number of aromatic nitrogens is 1. The molecule has 1 saturated heterocycles. The van der Waals surface area contributed by atoms with Gasteiger partial charge in [0.25, 0.3) is 5.91 Å². The molecule has 5 rings (SSSR count). The highest BCUT2D eigenvalue weighted by Gasteiger charge is 2.33. The van der Waals surface area contributed by atoms with Crippen molar-refractivity contribution in [1.29, 1.82) is 0 Å². The second-order valence-corrected chi connectivity index (χ2v) is 8.85. The summed E-state index contributed by atoms with van der Waals surface area (Å²) in [6, 6.07) is 19.4. The third kappa shape index (κ3) is 3.94. The first-order chi connectivity index (χ1) is 16.5. The van der Waals surface area contributed by atoms with E-state index in [9.17, 15) is 9.59 Å². The summed E-state index contributed by atoms with van der Waals surface area (Å²) in [5.74, 6) is -0.464. The number of benzene rings is 3. The maximum Gasteiger partial charge on any atom is 0.329 e. The highest BCUT2D eigenvalue weighted by Crippen LogP contribution is 2.38. The van der Waals surface area contributed by atoms with E-state index in [2.05, 4.69) is 10.3 Å². The van der Waals surface area contributed by atoms with Gasteiger partial charge in [0.05, 0.1) is 37.5 Å². The minimum absolute atomic E-state index is 0.172. The lowest BCUT2D eigenvalue weighted by atomic mass is 10.1. The molecule has 0 atom stereocenters. The van der Waals surface area contributed by atoms with Crippen molar-refractivity contribution in [3.8, 4) is 0 Å². The maximum atomic E-state index is 13.3. The Labute approximate surface area is 210 Å². The van der Waals surface area contributed by atoms with Crippen molar-refractivity contribution in [2.45, 2.75) is 0 Å². The number of urea groups is 1. The molecule has 6 nitrogen and oxygen atoms in total. The fourth-order valence-corrected chi connectivity index (χ4v) is 4.87. The van der Waals surface area contributed by atoms with Gasteiger partial charge in [-0.2, -0.15) is 0 Å². The van der Waals surface area contributed by atoms with Crippen molar-refractivity contribution in [1.82, 2.24) is 4.98 Å². The Bertz CT molecular complexity index is 1410. The summed E-state index contributed by atoms with van der Waals surface area (Å²) in [5, 5.41) is 4.30. The number of carbonyl (C=O) groups is 2. The van der Waals surface area contributed by atoms with Crippen molar-refractivity contribution in [2.24, 2.45) is 0 Å². The van der Waals surface area contributed by atoms with Gasteiger partial charge in [0.1, 0.15) is 0 Å². The maximum absolute atomic E-state index is 13.3. The first-order valence-corrected chi connectivity index (χ1v) is 11.6. The molecule has 3 aromatic carbocycles. The summed E-state index contributed by atoms with van der Waals surface area (Å²) in [6.07, 6.45) is 1.48. The lowest BCUT2D eigenvalue weighted by Crippen LogP contribution is -2.32.